The summed E-state index contributed by atoms with van der Waals surface area (Å²) in [5, 5.41) is 0.740. The highest BCUT2D eigenvalue weighted by Crippen LogP contribution is 2.30. The molecule has 0 spiro atoms. The van der Waals surface area contributed by atoms with Crippen LogP contribution in [-0.4, -0.2) is 14.7 Å². The Morgan fingerprint density at radius 2 is 1.50 bits per heavy atom. The van der Waals surface area contributed by atoms with Gasteiger partial charge < -0.3 is 0 Å². The van der Waals surface area contributed by atoms with Gasteiger partial charge in [0.15, 0.2) is 9.84 Å². The second-order valence-corrected chi connectivity index (χ2v) is 7.61. The van der Waals surface area contributed by atoms with E-state index in [0.717, 1.165) is 21.7 Å². The predicted octanol–water partition coefficient (Wildman–Crippen LogP) is 4.53. The molecule has 0 heterocycles. The summed E-state index contributed by atoms with van der Waals surface area (Å²) in [6, 6.07) is 12.8. The summed E-state index contributed by atoms with van der Waals surface area (Å²) < 4.78 is 22.9. The monoisotopic (exact) mass is 308 g/mol. The first-order valence-corrected chi connectivity index (χ1v) is 8.66. The zero-order chi connectivity index (χ0) is 14.9. The van der Waals surface area contributed by atoms with Crippen LogP contribution in [0, 0.1) is 0 Å². The van der Waals surface area contributed by atoms with Crippen LogP contribution in [0.25, 0.3) is 11.1 Å². The van der Waals surface area contributed by atoms with E-state index in [2.05, 4.69) is 13.8 Å². The molecule has 0 aromatic heterocycles. The van der Waals surface area contributed by atoms with Gasteiger partial charge in [0, 0.05) is 11.3 Å². The van der Waals surface area contributed by atoms with Crippen LogP contribution < -0.4 is 0 Å². The maximum atomic E-state index is 11.4. The van der Waals surface area contributed by atoms with E-state index in [1.807, 2.05) is 18.2 Å². The summed E-state index contributed by atoms with van der Waals surface area (Å²) in [6.07, 6.45) is 1.20. The average Bonchev–Trinajstić information content (AvgIpc) is 2.37. The van der Waals surface area contributed by atoms with Crippen LogP contribution in [0.3, 0.4) is 0 Å². The zero-order valence-electron chi connectivity index (χ0n) is 11.7. The molecule has 2 rings (SSSR count). The van der Waals surface area contributed by atoms with Crippen LogP contribution in [0.4, 0.5) is 0 Å². The van der Waals surface area contributed by atoms with Crippen LogP contribution >= 0.6 is 11.6 Å². The van der Waals surface area contributed by atoms with Crippen LogP contribution in [0.2, 0.25) is 5.02 Å². The van der Waals surface area contributed by atoms with Crippen LogP contribution in [0.5, 0.6) is 0 Å². The molecule has 0 aliphatic carbocycles. The van der Waals surface area contributed by atoms with Gasteiger partial charge in [0.1, 0.15) is 0 Å². The Balaban J connectivity index is 2.40. The lowest BCUT2D eigenvalue weighted by Crippen LogP contribution is -1.96. The van der Waals surface area contributed by atoms with Gasteiger partial charge in [-0.25, -0.2) is 8.42 Å². The highest BCUT2D eigenvalue weighted by atomic mass is 35.5. The summed E-state index contributed by atoms with van der Waals surface area (Å²) in [6.45, 7) is 4.20. The molecule has 2 aromatic rings. The number of halogens is 1. The van der Waals surface area contributed by atoms with Gasteiger partial charge in [-0.3, -0.25) is 0 Å². The zero-order valence-corrected chi connectivity index (χ0v) is 13.3. The molecule has 0 unspecified atom stereocenters. The van der Waals surface area contributed by atoms with Gasteiger partial charge in [-0.2, -0.15) is 0 Å². The van der Waals surface area contributed by atoms with Crippen LogP contribution in [0.1, 0.15) is 25.3 Å². The van der Waals surface area contributed by atoms with E-state index >= 15 is 0 Å². The number of sulfone groups is 1. The number of hydrogen-bond acceptors (Lipinski definition) is 2. The molecule has 2 aromatic carbocycles. The third-order valence-corrected chi connectivity index (χ3v) is 4.69. The van der Waals surface area contributed by atoms with E-state index in [1.165, 1.54) is 6.26 Å². The molecule has 0 saturated carbocycles. The Hall–Kier alpha value is -1.32. The first-order chi connectivity index (χ1) is 9.29. The van der Waals surface area contributed by atoms with Crippen LogP contribution in [-0.2, 0) is 9.84 Å². The SMILES string of the molecule is CC(C)c1ccc(-c2ccc(S(C)(=O)=O)cc2)cc1Cl. The molecule has 4 heteroatoms. The lowest BCUT2D eigenvalue weighted by molar-refractivity contribution is 0.602. The Morgan fingerprint density at radius 1 is 0.950 bits per heavy atom. The fourth-order valence-electron chi connectivity index (χ4n) is 2.07. The molecule has 0 radical (unpaired) electrons. The highest BCUT2D eigenvalue weighted by molar-refractivity contribution is 7.90. The Kier molecular flexibility index (Phi) is 4.21. The topological polar surface area (TPSA) is 34.1 Å². The lowest BCUT2D eigenvalue weighted by Gasteiger charge is -2.10. The van der Waals surface area contributed by atoms with Crippen molar-refractivity contribution in [2.75, 3.05) is 6.26 Å². The Bertz CT molecular complexity index is 717. The second kappa shape index (κ2) is 5.58. The molecule has 106 valence electrons. The van der Waals surface area contributed by atoms with Crippen molar-refractivity contribution in [2.45, 2.75) is 24.7 Å². The summed E-state index contributed by atoms with van der Waals surface area (Å²) in [5.74, 6) is 0.379. The maximum Gasteiger partial charge on any atom is 0.175 e. The Morgan fingerprint density at radius 3 is 1.95 bits per heavy atom. The largest absolute Gasteiger partial charge is 0.224 e. The van der Waals surface area contributed by atoms with Crippen LogP contribution in [0.15, 0.2) is 47.4 Å². The van der Waals surface area contributed by atoms with Gasteiger partial charge >= 0.3 is 0 Å². The quantitative estimate of drug-likeness (QED) is 0.834. The van der Waals surface area contributed by atoms with E-state index in [0.29, 0.717) is 10.8 Å². The molecule has 0 aliphatic rings. The first kappa shape index (κ1) is 15.1. The molecule has 0 aliphatic heterocycles. The second-order valence-electron chi connectivity index (χ2n) is 5.19. The summed E-state index contributed by atoms with van der Waals surface area (Å²) in [5.41, 5.74) is 3.05. The van der Waals surface area contributed by atoms with Gasteiger partial charge in [-0.05, 0) is 40.8 Å². The van der Waals surface area contributed by atoms with Crippen molar-refractivity contribution in [3.8, 4) is 11.1 Å². The minimum atomic E-state index is -3.15. The van der Waals surface area contributed by atoms with Gasteiger partial charge in [0.2, 0.25) is 0 Å². The van der Waals surface area contributed by atoms with Crippen molar-refractivity contribution in [3.63, 3.8) is 0 Å². The van der Waals surface area contributed by atoms with E-state index in [9.17, 15) is 8.42 Å². The van der Waals surface area contributed by atoms with Gasteiger partial charge in [0.05, 0.1) is 4.90 Å². The molecular formula is C16H17ClO2S. The number of rotatable bonds is 3. The van der Waals surface area contributed by atoms with Crippen molar-refractivity contribution in [2.24, 2.45) is 0 Å². The molecular weight excluding hydrogens is 292 g/mol. The first-order valence-electron chi connectivity index (χ1n) is 6.39. The third kappa shape index (κ3) is 3.22. The maximum absolute atomic E-state index is 11.4. The molecule has 0 N–H and O–H groups in total. The van der Waals surface area contributed by atoms with Crippen molar-refractivity contribution in [1.29, 1.82) is 0 Å². The lowest BCUT2D eigenvalue weighted by atomic mass is 9.99. The standard InChI is InChI=1S/C16H17ClO2S/c1-11(2)15-9-6-13(10-16(15)17)12-4-7-14(8-5-12)20(3,18)19/h4-11H,1-3H3. The molecule has 0 amide bonds. The highest BCUT2D eigenvalue weighted by Gasteiger charge is 2.09. The van der Waals surface area contributed by atoms with Gasteiger partial charge in [-0.15, -0.1) is 0 Å². The summed E-state index contributed by atoms with van der Waals surface area (Å²) >= 11 is 6.28. The van der Waals surface area contributed by atoms with Crippen molar-refractivity contribution in [3.05, 3.63) is 53.1 Å². The van der Waals surface area contributed by atoms with Crippen molar-refractivity contribution < 1.29 is 8.42 Å². The van der Waals surface area contributed by atoms with Gasteiger partial charge in [0.25, 0.3) is 0 Å². The molecule has 0 bridgehead atoms. The minimum Gasteiger partial charge on any atom is -0.224 e. The van der Waals surface area contributed by atoms with E-state index in [4.69, 9.17) is 11.6 Å². The normalized spacial score (nSPS) is 11.8. The van der Waals surface area contributed by atoms with E-state index in [-0.39, 0.29) is 0 Å². The van der Waals surface area contributed by atoms with Crippen molar-refractivity contribution >= 4 is 21.4 Å². The van der Waals surface area contributed by atoms with E-state index in [1.54, 1.807) is 24.3 Å². The fourth-order valence-corrected chi connectivity index (χ4v) is 3.10. The van der Waals surface area contributed by atoms with E-state index < -0.39 is 9.84 Å². The average molecular weight is 309 g/mol. The fraction of sp³-hybridized carbons (Fsp3) is 0.250. The molecule has 20 heavy (non-hydrogen) atoms. The molecule has 0 fully saturated rings. The molecule has 0 atom stereocenters. The molecule has 2 nitrogen and oxygen atoms in total. The summed E-state index contributed by atoms with van der Waals surface area (Å²) in [7, 11) is -3.15. The third-order valence-electron chi connectivity index (χ3n) is 3.24. The predicted molar refractivity (Wildman–Crippen MR) is 84.1 cm³/mol. The molecule has 0 saturated heterocycles. The number of hydrogen-bond donors (Lipinski definition) is 0. The smallest absolute Gasteiger partial charge is 0.175 e. The summed E-state index contributed by atoms with van der Waals surface area (Å²) in [4.78, 5) is 0.325. The minimum absolute atomic E-state index is 0.325. The van der Waals surface area contributed by atoms with Gasteiger partial charge in [-0.1, -0.05) is 49.7 Å². The Labute approximate surface area is 125 Å². The number of benzene rings is 2. The van der Waals surface area contributed by atoms with Crippen molar-refractivity contribution in [1.82, 2.24) is 0 Å².